The molecule has 1 aliphatic heterocycles. The van der Waals surface area contributed by atoms with Crippen LogP contribution < -0.4 is 0 Å². The van der Waals surface area contributed by atoms with E-state index in [-0.39, 0.29) is 32.6 Å². The molecule has 33 heavy (non-hydrogen) atoms. The van der Waals surface area contributed by atoms with E-state index in [0.717, 1.165) is 12.1 Å². The normalized spacial score (nSPS) is 20.1. The molecule has 3 rings (SSSR count). The number of carbonyl (C=O) groups is 1. The van der Waals surface area contributed by atoms with Crippen molar-refractivity contribution in [1.82, 2.24) is 0 Å². The molecule has 1 aliphatic rings. The van der Waals surface area contributed by atoms with Crippen LogP contribution in [0.2, 0.25) is 10.0 Å². The Labute approximate surface area is 200 Å². The van der Waals surface area contributed by atoms with E-state index >= 15 is 0 Å². The topological polar surface area (TPSA) is 68.1 Å². The number of halogens is 5. The molecule has 1 amide bonds. The third-order valence-corrected chi connectivity index (χ3v) is 7.32. The summed E-state index contributed by atoms with van der Waals surface area (Å²) in [6.45, 7) is 3.46. The molecule has 1 heterocycles. The first-order valence-corrected chi connectivity index (χ1v) is 12.8. The molecule has 0 spiro atoms. The van der Waals surface area contributed by atoms with Gasteiger partial charge in [0.1, 0.15) is 0 Å². The van der Waals surface area contributed by atoms with Crippen LogP contribution in [0.5, 0.6) is 0 Å². The Kier molecular flexibility index (Phi) is 7.17. The first-order valence-electron chi connectivity index (χ1n) is 9.91. The first kappa shape index (κ1) is 25.5. The Morgan fingerprint density at radius 3 is 2.39 bits per heavy atom. The zero-order chi connectivity index (χ0) is 24.6. The maximum absolute atomic E-state index is 14.2. The van der Waals surface area contributed by atoms with Crippen molar-refractivity contribution in [3.63, 3.8) is 0 Å². The standard InChI is InChI=1S/C22H21Cl2F3N2O3S/c1-4-7-33(3,31)29-20(30)18-6-5-14(8-13(18)2)19-12-21(32-28-19,22(25,26)27)15-9-16(23)11-17(24)10-15/h5-6,8-11H,4,7,12H2,1-3H3. The van der Waals surface area contributed by atoms with Crippen LogP contribution >= 0.6 is 23.2 Å². The molecule has 5 nitrogen and oxygen atoms in total. The number of alkyl halides is 3. The molecule has 11 heteroatoms. The van der Waals surface area contributed by atoms with Crippen LogP contribution in [0.15, 0.2) is 45.9 Å². The summed E-state index contributed by atoms with van der Waals surface area (Å²) in [6.07, 6.45) is -3.38. The number of aryl methyl sites for hydroxylation is 1. The van der Waals surface area contributed by atoms with Gasteiger partial charge in [0.2, 0.25) is 0 Å². The second kappa shape index (κ2) is 9.27. The molecule has 2 aromatic carbocycles. The Balaban J connectivity index is 1.95. The summed E-state index contributed by atoms with van der Waals surface area (Å²) in [6, 6.07) is 8.04. The van der Waals surface area contributed by atoms with Gasteiger partial charge in [-0.25, -0.2) is 4.21 Å². The summed E-state index contributed by atoms with van der Waals surface area (Å²) in [5.74, 6) is -0.348. The van der Waals surface area contributed by atoms with Crippen molar-refractivity contribution in [2.45, 2.75) is 38.5 Å². The molecule has 0 saturated carbocycles. The highest BCUT2D eigenvalue weighted by Crippen LogP contribution is 2.49. The van der Waals surface area contributed by atoms with Gasteiger partial charge >= 0.3 is 6.18 Å². The van der Waals surface area contributed by atoms with Gasteiger partial charge in [-0.15, -0.1) is 0 Å². The largest absolute Gasteiger partial charge is 0.435 e. The van der Waals surface area contributed by atoms with E-state index in [1.165, 1.54) is 30.5 Å². The number of hydrogen-bond acceptors (Lipinski definition) is 4. The summed E-state index contributed by atoms with van der Waals surface area (Å²) in [5.41, 5.74) is -1.93. The average molecular weight is 521 g/mol. The Bertz CT molecular complexity index is 1230. The molecule has 0 fully saturated rings. The molecule has 0 aromatic heterocycles. The van der Waals surface area contributed by atoms with Crippen molar-refractivity contribution in [3.8, 4) is 0 Å². The minimum atomic E-state index is -4.81. The SMILES string of the molecule is CCCS(C)(=O)=NC(=O)c1ccc(C2=NOC(c3cc(Cl)cc(Cl)c3)(C(F)(F)F)C2)cc1C. The van der Waals surface area contributed by atoms with E-state index in [4.69, 9.17) is 28.0 Å². The minimum absolute atomic E-state index is 0.0382. The summed E-state index contributed by atoms with van der Waals surface area (Å²) in [7, 11) is -2.66. The fraction of sp³-hybridized carbons (Fsp3) is 0.364. The Morgan fingerprint density at radius 1 is 1.21 bits per heavy atom. The molecule has 2 unspecified atom stereocenters. The van der Waals surface area contributed by atoms with Crippen molar-refractivity contribution in [2.75, 3.05) is 12.0 Å². The lowest BCUT2D eigenvalue weighted by molar-refractivity contribution is -0.275. The molecule has 178 valence electrons. The average Bonchev–Trinajstić information content (AvgIpc) is 3.13. The van der Waals surface area contributed by atoms with Crippen LogP contribution in [0.1, 0.15) is 46.8 Å². The number of oxime groups is 1. The maximum atomic E-state index is 14.2. The first-order chi connectivity index (χ1) is 15.3. The number of carbonyl (C=O) groups excluding carboxylic acids is 1. The summed E-state index contributed by atoms with van der Waals surface area (Å²) < 4.78 is 58.6. The van der Waals surface area contributed by atoms with Gasteiger partial charge in [0, 0.05) is 39.6 Å². The van der Waals surface area contributed by atoms with Gasteiger partial charge in [0.05, 0.1) is 15.4 Å². The fourth-order valence-corrected chi connectivity index (χ4v) is 5.40. The van der Waals surface area contributed by atoms with Gasteiger partial charge in [-0.3, -0.25) is 4.79 Å². The zero-order valence-corrected chi connectivity index (χ0v) is 20.3. The van der Waals surface area contributed by atoms with E-state index in [9.17, 15) is 22.2 Å². The third-order valence-electron chi connectivity index (χ3n) is 5.16. The predicted molar refractivity (Wildman–Crippen MR) is 124 cm³/mol. The van der Waals surface area contributed by atoms with Crippen molar-refractivity contribution < 1.29 is 27.0 Å². The van der Waals surface area contributed by atoms with E-state index < -0.39 is 33.8 Å². The minimum Gasteiger partial charge on any atom is -0.374 e. The van der Waals surface area contributed by atoms with Crippen molar-refractivity contribution >= 4 is 44.5 Å². The maximum Gasteiger partial charge on any atom is 0.435 e. The van der Waals surface area contributed by atoms with Crippen LogP contribution in [-0.4, -0.2) is 34.0 Å². The molecular formula is C22H21Cl2F3N2O3S. The monoisotopic (exact) mass is 520 g/mol. The van der Waals surface area contributed by atoms with E-state index in [1.54, 1.807) is 6.92 Å². The van der Waals surface area contributed by atoms with E-state index in [1.807, 2.05) is 6.92 Å². The van der Waals surface area contributed by atoms with E-state index in [0.29, 0.717) is 17.5 Å². The molecule has 0 saturated heterocycles. The number of amides is 1. The molecule has 0 radical (unpaired) electrons. The lowest BCUT2D eigenvalue weighted by atomic mass is 9.86. The van der Waals surface area contributed by atoms with Crippen molar-refractivity contribution in [1.29, 1.82) is 0 Å². The Morgan fingerprint density at radius 2 is 1.85 bits per heavy atom. The smallest absolute Gasteiger partial charge is 0.374 e. The van der Waals surface area contributed by atoms with Crippen LogP contribution in [-0.2, 0) is 20.2 Å². The lowest BCUT2D eigenvalue weighted by Crippen LogP contribution is -2.42. The third kappa shape index (κ3) is 5.36. The molecular weight excluding hydrogens is 500 g/mol. The van der Waals surface area contributed by atoms with Gasteiger partial charge in [0.15, 0.2) is 0 Å². The van der Waals surface area contributed by atoms with Crippen molar-refractivity contribution in [3.05, 3.63) is 68.7 Å². The summed E-state index contributed by atoms with van der Waals surface area (Å²) in [4.78, 5) is 17.5. The highest BCUT2D eigenvalue weighted by atomic mass is 35.5. The van der Waals surface area contributed by atoms with Crippen LogP contribution in [0.25, 0.3) is 0 Å². The number of rotatable bonds is 5. The van der Waals surface area contributed by atoms with Gasteiger partial charge in [0.25, 0.3) is 11.5 Å². The molecule has 0 aliphatic carbocycles. The number of benzene rings is 2. The van der Waals surface area contributed by atoms with E-state index in [2.05, 4.69) is 9.52 Å². The summed E-state index contributed by atoms with van der Waals surface area (Å²) in [5, 5.41) is 3.79. The van der Waals surface area contributed by atoms with Crippen LogP contribution in [0.3, 0.4) is 0 Å². The van der Waals surface area contributed by atoms with Crippen LogP contribution in [0, 0.1) is 6.92 Å². The highest BCUT2D eigenvalue weighted by Gasteiger charge is 2.62. The quantitative estimate of drug-likeness (QED) is 0.449. The van der Waals surface area contributed by atoms with Gasteiger partial charge in [-0.2, -0.15) is 17.5 Å². The molecule has 2 atom stereocenters. The van der Waals surface area contributed by atoms with Crippen LogP contribution in [0.4, 0.5) is 13.2 Å². The number of nitrogens with zero attached hydrogens (tertiary/aromatic N) is 2. The molecule has 0 bridgehead atoms. The van der Waals surface area contributed by atoms with Gasteiger partial charge in [-0.1, -0.05) is 41.3 Å². The number of hydrogen-bond donors (Lipinski definition) is 0. The Hall–Kier alpha value is -2.10. The van der Waals surface area contributed by atoms with Gasteiger partial charge in [-0.05, 0) is 54.8 Å². The van der Waals surface area contributed by atoms with Gasteiger partial charge < -0.3 is 4.84 Å². The lowest BCUT2D eigenvalue weighted by Gasteiger charge is -2.29. The molecule has 0 N–H and O–H groups in total. The second-order valence-corrected chi connectivity index (χ2v) is 11.3. The zero-order valence-electron chi connectivity index (χ0n) is 18.0. The summed E-state index contributed by atoms with van der Waals surface area (Å²) >= 11 is 11.8. The fourth-order valence-electron chi connectivity index (χ4n) is 3.58. The second-order valence-electron chi connectivity index (χ2n) is 7.88. The highest BCUT2D eigenvalue weighted by molar-refractivity contribution is 7.93. The predicted octanol–water partition coefficient (Wildman–Crippen LogP) is 6.53. The van der Waals surface area contributed by atoms with Crippen molar-refractivity contribution in [2.24, 2.45) is 9.52 Å². The molecule has 2 aromatic rings.